The van der Waals surface area contributed by atoms with Gasteiger partial charge in [0.25, 0.3) is 0 Å². The van der Waals surface area contributed by atoms with Crippen LogP contribution in [0.25, 0.3) is 0 Å². The van der Waals surface area contributed by atoms with Crippen molar-refractivity contribution in [1.82, 2.24) is 4.31 Å². The van der Waals surface area contributed by atoms with Crippen LogP contribution in [0.1, 0.15) is 38.2 Å². The number of rotatable bonds is 4. The van der Waals surface area contributed by atoms with Gasteiger partial charge >= 0.3 is 0 Å². The zero-order valence-corrected chi connectivity index (χ0v) is 13.6. The van der Waals surface area contributed by atoms with Crippen LogP contribution < -0.4 is 0 Å². The number of hydrogen-bond acceptors (Lipinski definition) is 2. The first-order chi connectivity index (χ1) is 9.48. The fraction of sp³-hybridized carbons (Fsp3) is 0.600. The number of hydrogen-bond donors (Lipinski definition) is 0. The van der Waals surface area contributed by atoms with E-state index in [1.165, 1.54) is 6.42 Å². The molecule has 0 aliphatic heterocycles. The highest BCUT2D eigenvalue weighted by Gasteiger charge is 2.33. The molecule has 1 aromatic rings. The van der Waals surface area contributed by atoms with Gasteiger partial charge in [-0.3, -0.25) is 0 Å². The van der Waals surface area contributed by atoms with Gasteiger partial charge in [0, 0.05) is 19.0 Å². The van der Waals surface area contributed by atoms with Crippen LogP contribution in [0.2, 0.25) is 0 Å². The summed E-state index contributed by atoms with van der Waals surface area (Å²) in [6.45, 7) is 2.14. The molecule has 2 rings (SSSR count). The van der Waals surface area contributed by atoms with Crippen molar-refractivity contribution >= 4 is 21.6 Å². The molecule has 0 radical (unpaired) electrons. The van der Waals surface area contributed by atoms with Crippen LogP contribution in [-0.2, 0) is 15.9 Å². The minimum atomic E-state index is -3.47. The second-order valence-electron chi connectivity index (χ2n) is 5.59. The van der Waals surface area contributed by atoms with E-state index in [2.05, 4.69) is 6.92 Å². The normalized spacial score (nSPS) is 24.0. The Kier molecular flexibility index (Phi) is 5.10. The molecule has 0 amide bonds. The lowest BCUT2D eigenvalue weighted by Gasteiger charge is -2.35. The molecule has 1 aliphatic carbocycles. The summed E-state index contributed by atoms with van der Waals surface area (Å²) in [5.74, 6) is 0.621. The van der Waals surface area contributed by atoms with Crippen LogP contribution in [0.5, 0.6) is 0 Å². The zero-order valence-electron chi connectivity index (χ0n) is 12.0. The molecular weight excluding hydrogens is 294 g/mol. The van der Waals surface area contributed by atoms with Crippen molar-refractivity contribution in [3.8, 4) is 0 Å². The summed E-state index contributed by atoms with van der Waals surface area (Å²) in [6.07, 6.45) is 4.34. The van der Waals surface area contributed by atoms with E-state index in [0.29, 0.717) is 16.4 Å². The van der Waals surface area contributed by atoms with Gasteiger partial charge in [0.2, 0.25) is 10.0 Å². The van der Waals surface area contributed by atoms with Crippen LogP contribution in [0, 0.1) is 5.92 Å². The first-order valence-corrected chi connectivity index (χ1v) is 9.08. The fourth-order valence-corrected chi connectivity index (χ4v) is 5.05. The van der Waals surface area contributed by atoms with Gasteiger partial charge < -0.3 is 0 Å². The third kappa shape index (κ3) is 3.02. The molecule has 0 aromatic heterocycles. The first-order valence-electron chi connectivity index (χ1n) is 7.10. The minimum Gasteiger partial charge on any atom is -0.207 e. The van der Waals surface area contributed by atoms with Crippen molar-refractivity contribution in [2.24, 2.45) is 5.92 Å². The Morgan fingerprint density at radius 3 is 2.55 bits per heavy atom. The largest absolute Gasteiger partial charge is 0.243 e. The predicted octanol–water partition coefficient (Wildman–Crippen LogP) is 3.62. The molecule has 0 N–H and O–H groups in total. The number of alkyl halides is 1. The Morgan fingerprint density at radius 1 is 1.25 bits per heavy atom. The van der Waals surface area contributed by atoms with E-state index in [9.17, 15) is 8.42 Å². The smallest absolute Gasteiger partial charge is 0.207 e. The summed E-state index contributed by atoms with van der Waals surface area (Å²) in [4.78, 5) is 0.343. The first kappa shape index (κ1) is 15.8. The monoisotopic (exact) mass is 315 g/mol. The van der Waals surface area contributed by atoms with Crippen molar-refractivity contribution < 1.29 is 8.42 Å². The van der Waals surface area contributed by atoms with Gasteiger partial charge in [0.1, 0.15) is 0 Å². The molecule has 0 spiro atoms. The number of sulfonamides is 1. The Hall–Kier alpha value is -0.580. The third-order valence-electron chi connectivity index (χ3n) is 4.31. The van der Waals surface area contributed by atoms with E-state index in [4.69, 9.17) is 11.6 Å². The van der Waals surface area contributed by atoms with Gasteiger partial charge in [-0.1, -0.05) is 38.0 Å². The lowest BCUT2D eigenvalue weighted by molar-refractivity contribution is 0.213. The van der Waals surface area contributed by atoms with Gasteiger partial charge in [0.15, 0.2) is 0 Å². The van der Waals surface area contributed by atoms with Crippen LogP contribution in [-0.4, -0.2) is 25.8 Å². The lowest BCUT2D eigenvalue weighted by Crippen LogP contribution is -2.42. The Bertz CT molecular complexity index is 559. The molecule has 0 heterocycles. The van der Waals surface area contributed by atoms with E-state index < -0.39 is 10.0 Å². The molecule has 112 valence electrons. The fourth-order valence-electron chi connectivity index (χ4n) is 3.04. The molecule has 20 heavy (non-hydrogen) atoms. The second kappa shape index (κ2) is 6.46. The van der Waals surface area contributed by atoms with Crippen LogP contribution in [0.3, 0.4) is 0 Å². The maximum Gasteiger partial charge on any atom is 0.243 e. The van der Waals surface area contributed by atoms with E-state index in [0.717, 1.165) is 19.3 Å². The van der Waals surface area contributed by atoms with E-state index in [1.54, 1.807) is 29.6 Å². The minimum absolute atomic E-state index is 0.0946. The summed E-state index contributed by atoms with van der Waals surface area (Å²) in [6, 6.07) is 7.09. The van der Waals surface area contributed by atoms with Crippen molar-refractivity contribution in [2.45, 2.75) is 49.4 Å². The summed E-state index contributed by atoms with van der Waals surface area (Å²) in [7, 11) is -1.76. The average molecular weight is 316 g/mol. The Balaban J connectivity index is 2.34. The Labute approximate surface area is 127 Å². The number of benzene rings is 1. The SMILES string of the molecule is CC1CCCCC1N(C)S(=O)(=O)c1ccccc1CCl. The van der Waals surface area contributed by atoms with Crippen LogP contribution >= 0.6 is 11.6 Å². The lowest BCUT2D eigenvalue weighted by atomic mass is 9.86. The molecule has 0 bridgehead atoms. The van der Waals surface area contributed by atoms with Gasteiger partial charge in [-0.15, -0.1) is 11.6 Å². The molecule has 1 aliphatic rings. The highest BCUT2D eigenvalue weighted by molar-refractivity contribution is 7.89. The van der Waals surface area contributed by atoms with Gasteiger partial charge in [0.05, 0.1) is 4.90 Å². The molecule has 1 aromatic carbocycles. The van der Waals surface area contributed by atoms with Crippen LogP contribution in [0.4, 0.5) is 0 Å². The van der Waals surface area contributed by atoms with Gasteiger partial charge in [-0.2, -0.15) is 4.31 Å². The molecule has 2 atom stereocenters. The molecule has 0 saturated heterocycles. The molecular formula is C15H22ClNO2S. The summed E-state index contributed by atoms with van der Waals surface area (Å²) < 4.78 is 27.2. The second-order valence-corrected chi connectivity index (χ2v) is 7.82. The average Bonchev–Trinajstić information content (AvgIpc) is 2.47. The molecule has 2 unspecified atom stereocenters. The quantitative estimate of drug-likeness (QED) is 0.796. The molecule has 3 nitrogen and oxygen atoms in total. The van der Waals surface area contributed by atoms with Crippen LogP contribution in [0.15, 0.2) is 29.2 Å². The van der Waals surface area contributed by atoms with Gasteiger partial charge in [-0.25, -0.2) is 8.42 Å². The third-order valence-corrected chi connectivity index (χ3v) is 6.58. The molecule has 5 heteroatoms. The maximum absolute atomic E-state index is 12.8. The standard InChI is InChI=1S/C15H22ClNO2S/c1-12-7-3-5-9-14(12)17(2)20(18,19)15-10-6-4-8-13(15)11-16/h4,6,8,10,12,14H,3,5,7,9,11H2,1-2H3. The zero-order chi connectivity index (χ0) is 14.8. The highest BCUT2D eigenvalue weighted by Crippen LogP contribution is 2.31. The van der Waals surface area contributed by atoms with Crippen molar-refractivity contribution in [1.29, 1.82) is 0 Å². The predicted molar refractivity (Wildman–Crippen MR) is 82.4 cm³/mol. The van der Waals surface area contributed by atoms with E-state index >= 15 is 0 Å². The van der Waals surface area contributed by atoms with E-state index in [-0.39, 0.29) is 11.9 Å². The molecule has 1 fully saturated rings. The van der Waals surface area contributed by atoms with Gasteiger partial charge in [-0.05, 0) is 30.4 Å². The summed E-state index contributed by atoms with van der Waals surface area (Å²) in [5, 5.41) is 0. The Morgan fingerprint density at radius 2 is 1.90 bits per heavy atom. The summed E-state index contributed by atoms with van der Waals surface area (Å²) >= 11 is 5.87. The topological polar surface area (TPSA) is 37.4 Å². The number of nitrogens with zero attached hydrogens (tertiary/aromatic N) is 1. The summed E-state index contributed by atoms with van der Waals surface area (Å²) in [5.41, 5.74) is 0.671. The van der Waals surface area contributed by atoms with E-state index in [1.807, 2.05) is 6.07 Å². The highest BCUT2D eigenvalue weighted by atomic mass is 35.5. The maximum atomic E-state index is 12.8. The molecule has 1 saturated carbocycles. The number of halogens is 1. The van der Waals surface area contributed by atoms with Crippen molar-refractivity contribution in [3.63, 3.8) is 0 Å². The van der Waals surface area contributed by atoms with Crippen molar-refractivity contribution in [3.05, 3.63) is 29.8 Å². The van der Waals surface area contributed by atoms with Crippen molar-refractivity contribution in [2.75, 3.05) is 7.05 Å².